The van der Waals surface area contributed by atoms with Crippen molar-refractivity contribution < 1.29 is 77.1 Å². The number of carbonyl (C=O) groups is 10. The van der Waals surface area contributed by atoms with Gasteiger partial charge in [0.15, 0.2) is 17.3 Å². The van der Waals surface area contributed by atoms with Crippen LogP contribution in [0.3, 0.4) is 0 Å². The number of halogens is 2. The van der Waals surface area contributed by atoms with Crippen LogP contribution in [0.5, 0.6) is 0 Å². The maximum Gasteiger partial charge on any atom is 0.312 e. The molecule has 836 valence electrons. The number of carbonyl (C=O) groups excluding carboxylic acids is 8. The van der Waals surface area contributed by atoms with Gasteiger partial charge in [0, 0.05) is 68.5 Å². The van der Waals surface area contributed by atoms with Crippen LogP contribution in [0.25, 0.3) is 0 Å². The van der Waals surface area contributed by atoms with Gasteiger partial charge in [0.1, 0.15) is 30.2 Å². The fourth-order valence-electron chi connectivity index (χ4n) is 38.6. The largest absolute Gasteiger partial charge is 0.481 e. The molecule has 0 spiro atoms. The number of ketones is 3. The Hall–Kier alpha value is -6.34. The summed E-state index contributed by atoms with van der Waals surface area (Å²) in [5.41, 5.74) is 13.2. The Morgan fingerprint density at radius 2 is 0.740 bits per heavy atom. The average molecular weight is 2110 g/mol. The smallest absolute Gasteiger partial charge is 0.312 e. The first-order chi connectivity index (χ1) is 69.3. The molecule has 0 unspecified atom stereocenters. The summed E-state index contributed by atoms with van der Waals surface area (Å²) in [5, 5.41) is 24.2. The van der Waals surface area contributed by atoms with Crippen LogP contribution in [-0.2, 0) is 68.6 Å². The van der Waals surface area contributed by atoms with Gasteiger partial charge >= 0.3 is 35.8 Å². The topological polar surface area (TPSA) is 286 Å². The highest BCUT2D eigenvalue weighted by Gasteiger charge is 2.75. The summed E-state index contributed by atoms with van der Waals surface area (Å²) in [6, 6.07) is 14.9. The van der Waals surface area contributed by atoms with Crippen LogP contribution in [0.15, 0.2) is 82.0 Å². The number of rotatable bonds is 25. The minimum atomic E-state index is -1.15. The van der Waals surface area contributed by atoms with E-state index in [9.17, 15) is 58.2 Å². The second-order valence-electron chi connectivity index (χ2n) is 59.3. The van der Waals surface area contributed by atoms with Gasteiger partial charge in [-0.2, -0.15) is 0 Å². The molecule has 20 heteroatoms. The molecule has 2 aromatic carbocycles. The van der Waals surface area contributed by atoms with E-state index in [2.05, 4.69) is 164 Å². The predicted molar refractivity (Wildman–Crippen MR) is 597 cm³/mol. The number of esters is 4. The standard InChI is InChI=1S/C44H64ClNO5.C42H68O5.C37H59NO5.C7H5ClO/c1-27(2)36-31(47)24-44(21-22-46-26-28-11-10-12-29(45)23-28)20-19-42(8)30(37(36)44)13-14-33-41(7)17-16-34(51-35(48)25-39(3,4)38(49)50)40(5,6)32(41)15-18-43(33,42)9;1-14-19-42-23-22-40(12)27(34(42)33(26(2)3)28(43)24-42)15-16-30-39(11)20-18-31(38(9,10)29(39)17-21-41(30,40)13)46-32(44)25-37(7,8)35(45)47-36(4,5)6;1-22(2)29-24(39)20-37(18-19-38)17-16-35(8)23(30(29)37)10-11-26-34(7)14-13-27(43-28(40)21-32(3,4)31(41)42)33(5,6)25(34)12-15-36(26,35)9;8-7-3-1-2-6(4-7)5-9/h10-12,23,27,30,32-34,46H,13-22,24-26H2,1-9H3,(H,49,50);26-27,29-31H,14-25H2,1-13H3;22-23,25-27H,10-21,38H2,1-9H3,(H,41,42);1-5H/t30-,32+,33-,34+,41+,42-,43-,44-;27-,29+,30-,31+,39+,40-,41-,42+;23-,25+,26-,27+,34+,35-,36-,37-;/m111./s1. The quantitative estimate of drug-likeness (QED) is 0.0311. The van der Waals surface area contributed by atoms with Crippen LogP contribution < -0.4 is 11.1 Å². The molecule has 0 heterocycles. The summed E-state index contributed by atoms with van der Waals surface area (Å²) in [7, 11) is 0. The van der Waals surface area contributed by atoms with E-state index in [1.807, 2.05) is 39.0 Å². The second kappa shape index (κ2) is 42.1. The molecule has 24 atom stereocenters. The Balaban J connectivity index is 0.000000170. The van der Waals surface area contributed by atoms with Crippen LogP contribution in [-0.4, -0.2) is 107 Å². The van der Waals surface area contributed by atoms with Gasteiger partial charge in [-0.15, -0.1) is 0 Å². The number of aliphatic carboxylic acids is 2. The number of carboxylic acid groups (broad SMARTS) is 2. The predicted octanol–water partition coefficient (Wildman–Crippen LogP) is 30.5. The number of Topliss-reactive ketones (excluding diaryl/α,β-unsaturated/α-hetero) is 3. The number of hydrogen-bond acceptors (Lipinski definition) is 16. The summed E-state index contributed by atoms with van der Waals surface area (Å²) in [6.07, 6.45) is 32.7. The molecule has 17 rings (SSSR count). The van der Waals surface area contributed by atoms with E-state index >= 15 is 0 Å². The lowest BCUT2D eigenvalue weighted by Gasteiger charge is -2.72. The zero-order valence-electron chi connectivity index (χ0n) is 98.5. The highest BCUT2D eigenvalue weighted by Crippen LogP contribution is 2.82. The molecule has 0 amide bonds. The molecular weight excluding hydrogens is 1920 g/mol. The van der Waals surface area contributed by atoms with Gasteiger partial charge in [-0.05, 0) is 420 Å². The maximum atomic E-state index is 14.0. The monoisotopic (exact) mass is 2110 g/mol. The summed E-state index contributed by atoms with van der Waals surface area (Å²) < 4.78 is 24.2. The summed E-state index contributed by atoms with van der Waals surface area (Å²) in [6.45, 7) is 70.6. The van der Waals surface area contributed by atoms with Crippen molar-refractivity contribution in [3.8, 4) is 0 Å². The van der Waals surface area contributed by atoms with Crippen LogP contribution in [0.4, 0.5) is 0 Å². The second-order valence-corrected chi connectivity index (χ2v) is 60.1. The van der Waals surface area contributed by atoms with Crippen LogP contribution in [0.2, 0.25) is 10.0 Å². The van der Waals surface area contributed by atoms with E-state index in [0.717, 1.165) is 183 Å². The molecule has 0 aromatic heterocycles. The summed E-state index contributed by atoms with van der Waals surface area (Å²) in [5.74, 6) is 3.00. The number of benzene rings is 2. The molecule has 5 N–H and O–H groups in total. The van der Waals surface area contributed by atoms with E-state index in [0.29, 0.717) is 107 Å². The first-order valence-corrected chi connectivity index (χ1v) is 59.6. The zero-order chi connectivity index (χ0) is 111. The van der Waals surface area contributed by atoms with Crippen molar-refractivity contribution >= 4 is 82.7 Å². The molecule has 150 heavy (non-hydrogen) atoms. The van der Waals surface area contributed by atoms with Gasteiger partial charge in [0.05, 0.1) is 35.5 Å². The zero-order valence-corrected chi connectivity index (χ0v) is 100.0. The van der Waals surface area contributed by atoms with Gasteiger partial charge in [-0.25, -0.2) is 0 Å². The minimum Gasteiger partial charge on any atom is -0.481 e. The molecule has 15 aliphatic rings. The minimum absolute atomic E-state index is 0.0209. The third-order valence-corrected chi connectivity index (χ3v) is 47.0. The molecule has 18 nitrogen and oxygen atoms in total. The number of aldehydes is 1. The number of hydrogen-bond donors (Lipinski definition) is 4. The van der Waals surface area contributed by atoms with E-state index in [-0.39, 0.29) is 143 Å². The first-order valence-electron chi connectivity index (χ1n) is 58.8. The molecule has 0 aliphatic heterocycles. The summed E-state index contributed by atoms with van der Waals surface area (Å²) in [4.78, 5) is 127. The van der Waals surface area contributed by atoms with Crippen molar-refractivity contribution in [1.82, 2.24) is 5.32 Å². The van der Waals surface area contributed by atoms with Crippen LogP contribution in [0, 0.1) is 168 Å². The highest BCUT2D eigenvalue weighted by molar-refractivity contribution is 6.31. The lowest BCUT2D eigenvalue weighted by molar-refractivity contribution is -0.233. The number of fused-ring (bicyclic) bond motifs is 21. The van der Waals surface area contributed by atoms with Crippen molar-refractivity contribution in [2.45, 2.75) is 463 Å². The number of carboxylic acids is 2. The maximum absolute atomic E-state index is 14.0. The van der Waals surface area contributed by atoms with Crippen molar-refractivity contribution in [2.75, 3.05) is 13.1 Å². The molecule has 12 saturated carbocycles. The van der Waals surface area contributed by atoms with E-state index in [4.69, 9.17) is 47.9 Å². The summed E-state index contributed by atoms with van der Waals surface area (Å²) >= 11 is 11.8. The van der Waals surface area contributed by atoms with Crippen molar-refractivity contribution in [1.29, 1.82) is 0 Å². The Morgan fingerprint density at radius 3 is 1.04 bits per heavy atom. The molecule has 0 bridgehead atoms. The van der Waals surface area contributed by atoms with Gasteiger partial charge < -0.3 is 40.2 Å². The number of nitrogens with two attached hydrogens (primary N) is 1. The Labute approximate surface area is 913 Å². The van der Waals surface area contributed by atoms with Crippen molar-refractivity contribution in [2.24, 2.45) is 174 Å². The molecular formula is C130H196Cl2N2O16. The molecule has 12 fully saturated rings. The SMILES string of the molecule is CC(C)C1=C2[C@H]3CC[C@@H]4[C@@]5(C)CC[C@H](OC(=O)CC(C)(C)C(=O)O)C(C)(C)[C@@H]5CC[C@@]4(C)[C@]3(C)CC[C@@]2(CCN)CC1=O.CC(C)C1=C2[C@H]3CC[C@@H]4[C@@]5(C)CC[C@H](OC(=O)CC(C)(C)C(=O)O)C(C)(C)[C@@H]5CC[C@@]4(C)[C@]3(C)CC[C@@]2(CCNCc2cccc(Cl)c2)CC1=O.CCC[C@@]12CC[C@]3(C)[C@H](CC[C@@H]4[C@@]5(C)CC[C@H](OC(=O)CC(C)(C)C(=O)OC(C)(C)C)C(C)(C)[C@@H]5CC[C@]43C)C1=C(C(C)C)C(=O)C2.O=Cc1cccc(Cl)c1. The highest BCUT2D eigenvalue weighted by atomic mass is 35.5. The molecule has 0 saturated heterocycles. The Kier molecular flexibility index (Phi) is 33.5. The third-order valence-electron chi connectivity index (χ3n) is 46.6. The number of nitrogens with one attached hydrogen (secondary N) is 1. The van der Waals surface area contributed by atoms with E-state index < -0.39 is 45.7 Å². The Bertz CT molecular complexity index is 5580. The van der Waals surface area contributed by atoms with Crippen molar-refractivity contribution in [3.63, 3.8) is 0 Å². The van der Waals surface area contributed by atoms with E-state index in [1.54, 1.807) is 71.4 Å². The molecule has 2 aromatic rings. The molecule has 15 aliphatic carbocycles. The van der Waals surface area contributed by atoms with Gasteiger partial charge in [0.2, 0.25) is 0 Å². The van der Waals surface area contributed by atoms with Crippen LogP contribution in [0.1, 0.15) is 449 Å². The Morgan fingerprint density at radius 1 is 0.413 bits per heavy atom. The fourth-order valence-corrected chi connectivity index (χ4v) is 39.0. The third kappa shape index (κ3) is 20.5. The normalized spacial score (nSPS) is 37.8. The first kappa shape index (κ1) is 119. The van der Waals surface area contributed by atoms with Crippen molar-refractivity contribution in [3.05, 3.63) is 103 Å². The average Bonchev–Trinajstić information content (AvgIpc) is 1.24. The lowest BCUT2D eigenvalue weighted by atomic mass is 9.33. The van der Waals surface area contributed by atoms with Crippen LogP contribution >= 0.6 is 23.2 Å². The molecule has 0 radical (unpaired) electrons. The van der Waals surface area contributed by atoms with E-state index in [1.165, 1.54) is 60.8 Å². The van der Waals surface area contributed by atoms with Gasteiger partial charge in [0.25, 0.3) is 0 Å². The fraction of sp³-hybridized carbons (Fsp3) is 0.785. The number of allylic oxidation sites excluding steroid dienone is 6. The van der Waals surface area contributed by atoms with Gasteiger partial charge in [-0.3, -0.25) is 47.9 Å². The van der Waals surface area contributed by atoms with Gasteiger partial charge in [-0.1, -0.05) is 223 Å². The lowest BCUT2D eigenvalue weighted by Crippen LogP contribution is -2.65. The number of ether oxygens (including phenoxy) is 4.